The zero-order valence-corrected chi connectivity index (χ0v) is 12.1. The van der Waals surface area contributed by atoms with E-state index in [1.807, 2.05) is 13.0 Å². The number of hydrogen-bond acceptors (Lipinski definition) is 3. The van der Waals surface area contributed by atoms with Gasteiger partial charge < -0.3 is 10.1 Å². The van der Waals surface area contributed by atoms with Crippen molar-refractivity contribution >= 4 is 23.2 Å². The molecule has 0 saturated heterocycles. The molecule has 0 spiro atoms. The van der Waals surface area contributed by atoms with E-state index in [4.69, 9.17) is 21.6 Å². The standard InChI is InChI=1S/C15H17ClN2O2/c1-2-20-12-5-11(6-12)8-15(19)18-14-7-10(9-17)3-4-13(14)16/h3-4,7,11-12H,2,5-6,8H2,1H3,(H,18,19). The molecule has 1 aromatic carbocycles. The Labute approximate surface area is 123 Å². The lowest BCUT2D eigenvalue weighted by Gasteiger charge is -2.34. The SMILES string of the molecule is CCOC1CC(CC(=O)Nc2cc(C#N)ccc2Cl)C1. The van der Waals surface area contributed by atoms with Gasteiger partial charge in [-0.15, -0.1) is 0 Å². The van der Waals surface area contributed by atoms with Gasteiger partial charge in [-0.3, -0.25) is 4.79 Å². The fourth-order valence-electron chi connectivity index (χ4n) is 2.37. The Hall–Kier alpha value is -1.57. The minimum absolute atomic E-state index is 0.0676. The first-order chi connectivity index (χ1) is 9.62. The molecule has 5 heteroatoms. The quantitative estimate of drug-likeness (QED) is 0.905. The molecule has 1 saturated carbocycles. The van der Waals surface area contributed by atoms with Crippen LogP contribution in [0.4, 0.5) is 5.69 Å². The number of carbonyl (C=O) groups excluding carboxylic acids is 1. The monoisotopic (exact) mass is 292 g/mol. The minimum Gasteiger partial charge on any atom is -0.378 e. The molecular weight excluding hydrogens is 276 g/mol. The molecule has 1 aliphatic rings. The number of amides is 1. The van der Waals surface area contributed by atoms with E-state index in [0.717, 1.165) is 19.4 Å². The molecule has 106 valence electrons. The average Bonchev–Trinajstić information content (AvgIpc) is 2.39. The van der Waals surface area contributed by atoms with Crippen molar-refractivity contribution in [2.45, 2.75) is 32.3 Å². The molecule has 0 aromatic heterocycles. The highest BCUT2D eigenvalue weighted by molar-refractivity contribution is 6.33. The zero-order chi connectivity index (χ0) is 14.5. The molecule has 0 radical (unpaired) electrons. The molecule has 0 bridgehead atoms. The first-order valence-electron chi connectivity index (χ1n) is 6.73. The van der Waals surface area contributed by atoms with Crippen LogP contribution in [-0.2, 0) is 9.53 Å². The molecule has 0 unspecified atom stereocenters. The summed E-state index contributed by atoms with van der Waals surface area (Å²) in [5.41, 5.74) is 0.973. The van der Waals surface area contributed by atoms with Crippen molar-refractivity contribution in [1.82, 2.24) is 0 Å². The second kappa shape index (κ2) is 6.74. The van der Waals surface area contributed by atoms with Crippen molar-refractivity contribution in [2.75, 3.05) is 11.9 Å². The molecule has 1 aliphatic carbocycles. The van der Waals surface area contributed by atoms with Gasteiger partial charge in [-0.2, -0.15) is 5.26 Å². The van der Waals surface area contributed by atoms with E-state index in [2.05, 4.69) is 5.32 Å². The number of carbonyl (C=O) groups is 1. The highest BCUT2D eigenvalue weighted by Gasteiger charge is 2.31. The molecule has 4 nitrogen and oxygen atoms in total. The van der Waals surface area contributed by atoms with Gasteiger partial charge >= 0.3 is 0 Å². The van der Waals surface area contributed by atoms with E-state index in [0.29, 0.717) is 34.7 Å². The second-order valence-electron chi connectivity index (χ2n) is 4.97. The Bertz CT molecular complexity index is 533. The predicted octanol–water partition coefficient (Wildman–Crippen LogP) is 3.36. The number of hydrogen-bond donors (Lipinski definition) is 1. The van der Waals surface area contributed by atoms with Crippen LogP contribution < -0.4 is 5.32 Å². The number of halogens is 1. The Morgan fingerprint density at radius 3 is 2.95 bits per heavy atom. The lowest BCUT2D eigenvalue weighted by Crippen LogP contribution is -2.33. The van der Waals surface area contributed by atoms with Crippen molar-refractivity contribution in [3.63, 3.8) is 0 Å². The summed E-state index contributed by atoms with van der Waals surface area (Å²) >= 11 is 6.00. The summed E-state index contributed by atoms with van der Waals surface area (Å²) in [7, 11) is 0. The van der Waals surface area contributed by atoms with Gasteiger partial charge in [0.1, 0.15) is 0 Å². The Morgan fingerprint density at radius 1 is 1.55 bits per heavy atom. The molecule has 0 heterocycles. The van der Waals surface area contributed by atoms with Crippen LogP contribution in [0.2, 0.25) is 5.02 Å². The van der Waals surface area contributed by atoms with Gasteiger partial charge in [0.25, 0.3) is 0 Å². The van der Waals surface area contributed by atoms with Crippen LogP contribution >= 0.6 is 11.6 Å². The second-order valence-corrected chi connectivity index (χ2v) is 5.38. The molecule has 0 atom stereocenters. The van der Waals surface area contributed by atoms with Crippen molar-refractivity contribution in [3.8, 4) is 6.07 Å². The number of nitrogens with zero attached hydrogens (tertiary/aromatic N) is 1. The molecule has 1 amide bonds. The van der Waals surface area contributed by atoms with E-state index in [-0.39, 0.29) is 5.91 Å². The maximum Gasteiger partial charge on any atom is 0.224 e. The van der Waals surface area contributed by atoms with Crippen molar-refractivity contribution in [2.24, 2.45) is 5.92 Å². The van der Waals surface area contributed by atoms with Crippen molar-refractivity contribution in [1.29, 1.82) is 5.26 Å². The Kier molecular flexibility index (Phi) is 4.99. The number of ether oxygens (including phenoxy) is 1. The largest absolute Gasteiger partial charge is 0.378 e. The van der Waals surface area contributed by atoms with Crippen molar-refractivity contribution in [3.05, 3.63) is 28.8 Å². The maximum absolute atomic E-state index is 11.9. The number of nitriles is 1. The van der Waals surface area contributed by atoms with E-state index in [1.54, 1.807) is 18.2 Å². The van der Waals surface area contributed by atoms with Gasteiger partial charge in [-0.05, 0) is 43.9 Å². The number of anilines is 1. The van der Waals surface area contributed by atoms with Crippen molar-refractivity contribution < 1.29 is 9.53 Å². The van der Waals surface area contributed by atoms with Crippen LogP contribution in [0.1, 0.15) is 31.7 Å². The van der Waals surface area contributed by atoms with Crippen LogP contribution in [0.25, 0.3) is 0 Å². The summed E-state index contributed by atoms with van der Waals surface area (Å²) < 4.78 is 5.47. The summed E-state index contributed by atoms with van der Waals surface area (Å²) in [5.74, 6) is 0.311. The summed E-state index contributed by atoms with van der Waals surface area (Å²) in [5, 5.41) is 12.1. The number of nitrogens with one attached hydrogen (secondary N) is 1. The third-order valence-electron chi connectivity index (χ3n) is 3.44. The molecule has 2 rings (SSSR count). The summed E-state index contributed by atoms with van der Waals surface area (Å²) in [6.45, 7) is 2.70. The third kappa shape index (κ3) is 3.72. The Balaban J connectivity index is 1.85. The Morgan fingerprint density at radius 2 is 2.30 bits per heavy atom. The topological polar surface area (TPSA) is 62.1 Å². The molecule has 20 heavy (non-hydrogen) atoms. The molecule has 1 fully saturated rings. The fraction of sp³-hybridized carbons (Fsp3) is 0.467. The third-order valence-corrected chi connectivity index (χ3v) is 3.77. The minimum atomic E-state index is -0.0676. The highest BCUT2D eigenvalue weighted by Crippen LogP contribution is 2.33. The molecule has 1 N–H and O–H groups in total. The van der Waals surface area contributed by atoms with E-state index >= 15 is 0 Å². The molecule has 0 aliphatic heterocycles. The van der Waals surface area contributed by atoms with Crippen LogP contribution in [0.15, 0.2) is 18.2 Å². The number of benzene rings is 1. The van der Waals surface area contributed by atoms with Gasteiger partial charge in [0.05, 0.1) is 28.4 Å². The zero-order valence-electron chi connectivity index (χ0n) is 11.4. The average molecular weight is 293 g/mol. The molecular formula is C15H17ClN2O2. The highest BCUT2D eigenvalue weighted by atomic mass is 35.5. The summed E-state index contributed by atoms with van der Waals surface area (Å²) in [4.78, 5) is 11.9. The van der Waals surface area contributed by atoms with Gasteiger partial charge in [0.2, 0.25) is 5.91 Å². The van der Waals surface area contributed by atoms with Gasteiger partial charge in [0.15, 0.2) is 0 Å². The normalized spacial score (nSPS) is 20.9. The molecule has 1 aromatic rings. The van der Waals surface area contributed by atoms with E-state index in [9.17, 15) is 4.79 Å². The van der Waals surface area contributed by atoms with Gasteiger partial charge in [-0.25, -0.2) is 0 Å². The summed E-state index contributed by atoms with van der Waals surface area (Å²) in [6.07, 6.45) is 2.65. The van der Waals surface area contributed by atoms with E-state index < -0.39 is 0 Å². The predicted molar refractivity (Wildman–Crippen MR) is 77.6 cm³/mol. The first kappa shape index (κ1) is 14.8. The lowest BCUT2D eigenvalue weighted by molar-refractivity contribution is -0.119. The van der Waals surface area contributed by atoms with Gasteiger partial charge in [-0.1, -0.05) is 11.6 Å². The van der Waals surface area contributed by atoms with Crippen LogP contribution in [0, 0.1) is 17.2 Å². The smallest absolute Gasteiger partial charge is 0.224 e. The fourth-order valence-corrected chi connectivity index (χ4v) is 2.53. The number of rotatable bonds is 5. The van der Waals surface area contributed by atoms with Crippen LogP contribution in [0.5, 0.6) is 0 Å². The summed E-state index contributed by atoms with van der Waals surface area (Å²) in [6, 6.07) is 6.85. The maximum atomic E-state index is 11.9. The van der Waals surface area contributed by atoms with Gasteiger partial charge in [0, 0.05) is 13.0 Å². The van der Waals surface area contributed by atoms with E-state index in [1.165, 1.54) is 0 Å². The van der Waals surface area contributed by atoms with Crippen LogP contribution in [0.3, 0.4) is 0 Å². The van der Waals surface area contributed by atoms with Crippen LogP contribution in [-0.4, -0.2) is 18.6 Å². The first-order valence-corrected chi connectivity index (χ1v) is 7.11. The lowest BCUT2D eigenvalue weighted by atomic mass is 9.80.